The number of phenolic OH excluding ortho intramolecular Hbond substituents is 4. The van der Waals surface area contributed by atoms with Crippen LogP contribution in [0.5, 0.6) is 23.0 Å². The summed E-state index contributed by atoms with van der Waals surface area (Å²) < 4.78 is 2.07. The van der Waals surface area contributed by atoms with E-state index >= 15 is 0 Å². The van der Waals surface area contributed by atoms with Gasteiger partial charge in [-0.15, -0.1) is 0 Å². The van der Waals surface area contributed by atoms with Crippen molar-refractivity contribution in [2.24, 2.45) is 0 Å². The minimum Gasteiger partial charge on any atom is -0.507 e. The van der Waals surface area contributed by atoms with E-state index in [1.165, 1.54) is 28.1 Å². The second-order valence-corrected chi connectivity index (χ2v) is 32.3. The summed E-state index contributed by atoms with van der Waals surface area (Å²) in [5.74, 6) is 2.74. The first kappa shape index (κ1) is 73.6. The summed E-state index contributed by atoms with van der Waals surface area (Å²) in [6, 6.07) is 17.2. The molecule has 0 bridgehead atoms. The van der Waals surface area contributed by atoms with Gasteiger partial charge in [-0.3, -0.25) is 19.7 Å². The summed E-state index contributed by atoms with van der Waals surface area (Å²) in [6.07, 6.45) is 0. The van der Waals surface area contributed by atoms with Crippen LogP contribution in [0.1, 0.15) is 261 Å². The van der Waals surface area contributed by atoms with Crippen LogP contribution in [0.2, 0.25) is 0 Å². The van der Waals surface area contributed by atoms with Gasteiger partial charge in [-0.1, -0.05) is 215 Å². The number of nitrogens with one attached hydrogen (secondary N) is 1. The number of nitrogens with zero attached hydrogens (tertiary/aromatic N) is 3. The first-order valence-corrected chi connectivity index (χ1v) is 28.7. The Morgan fingerprint density at radius 3 is 0.646 bits per heavy atom. The zero-order valence-corrected chi connectivity index (χ0v) is 59.5. The monoisotopic (exact) mass is 1170 g/mol. The van der Waals surface area contributed by atoms with Gasteiger partial charge >= 0.3 is 0 Å². The fourth-order valence-electron chi connectivity index (χ4n) is 9.21. The average molecular weight is 1170 g/mol. The molecule has 1 radical (unpaired) electrons. The number of hydrogen-bond donors (Lipinski definition) is 5. The smallest absolute Gasteiger partial charge is 0.241 e. The molecule has 0 heterocycles. The maximum absolute atomic E-state index is 11.2. The Kier molecular flexibility index (Phi) is 24.6. The second-order valence-electron chi connectivity index (χ2n) is 32.3. The number of phenols is 4. The zero-order chi connectivity index (χ0) is 61.2. The minimum atomic E-state index is -0.153. The molecule has 443 valence electrons. The summed E-state index contributed by atoms with van der Waals surface area (Å²) in [5.41, 5.74) is 12.1. The van der Waals surface area contributed by atoms with Crippen molar-refractivity contribution in [1.29, 1.82) is 0 Å². The van der Waals surface area contributed by atoms with Crippen molar-refractivity contribution in [3.63, 3.8) is 0 Å². The van der Waals surface area contributed by atoms with Crippen molar-refractivity contribution in [1.82, 2.24) is 15.1 Å². The van der Waals surface area contributed by atoms with Gasteiger partial charge in [-0.2, -0.15) is 0 Å². The Hall–Kier alpha value is -3.43. The first-order valence-electron chi connectivity index (χ1n) is 28.7. The summed E-state index contributed by atoms with van der Waals surface area (Å²) >= 11 is 0. The van der Waals surface area contributed by atoms with Gasteiger partial charge in [-0.25, -0.2) is 0 Å². The molecule has 8 nitrogen and oxygen atoms in total. The summed E-state index contributed by atoms with van der Waals surface area (Å²) in [5, 5.41) is 48.2. The Morgan fingerprint density at radius 2 is 0.532 bits per heavy atom. The van der Waals surface area contributed by atoms with E-state index in [0.717, 1.165) is 44.5 Å². The van der Waals surface area contributed by atoms with Gasteiger partial charge in [0.05, 0.1) is 19.6 Å². The van der Waals surface area contributed by atoms with Gasteiger partial charge in [0, 0.05) is 88.1 Å². The fourth-order valence-corrected chi connectivity index (χ4v) is 9.21. The van der Waals surface area contributed by atoms with Crippen molar-refractivity contribution in [2.75, 3.05) is 28.2 Å². The fraction of sp³-hybridized carbons (Fsp3) is 0.643. The van der Waals surface area contributed by atoms with Gasteiger partial charge in [0.1, 0.15) is 23.0 Å². The predicted molar refractivity (Wildman–Crippen MR) is 338 cm³/mol. The first-order chi connectivity index (χ1) is 34.6. The minimum absolute atomic E-state index is 0. The van der Waals surface area contributed by atoms with Crippen molar-refractivity contribution < 1.29 is 57.7 Å². The van der Waals surface area contributed by atoms with E-state index in [1.807, 2.05) is 14.1 Å². The third kappa shape index (κ3) is 22.0. The zero-order valence-electron chi connectivity index (χ0n) is 56.7. The molecule has 0 saturated carbocycles. The van der Waals surface area contributed by atoms with Crippen LogP contribution < -0.4 is 5.32 Å². The number of amidine groups is 1. The van der Waals surface area contributed by atoms with E-state index in [1.54, 1.807) is 0 Å². The molecule has 0 amide bonds. The molecule has 4 aromatic carbocycles. The Morgan fingerprint density at radius 1 is 0.354 bits per heavy atom. The van der Waals surface area contributed by atoms with Crippen molar-refractivity contribution in [3.05, 3.63) is 115 Å². The molecular formula is C70H117N4O4Y+. The number of rotatable bonds is 8. The third-order valence-electron chi connectivity index (χ3n) is 14.4. The van der Waals surface area contributed by atoms with Crippen LogP contribution in [0, 0.1) is 0 Å². The Balaban J connectivity index is 0.000000666. The third-order valence-corrected chi connectivity index (χ3v) is 14.4. The summed E-state index contributed by atoms with van der Waals surface area (Å²) in [7, 11) is 8.18. The molecule has 4 aromatic rings. The van der Waals surface area contributed by atoms with Crippen LogP contribution >= 0.6 is 0 Å². The molecular weight excluding hydrogens is 1050 g/mol. The van der Waals surface area contributed by atoms with Gasteiger partial charge in [0.15, 0.2) is 0 Å². The Labute approximate surface area is 510 Å². The molecule has 5 N–H and O–H groups in total. The van der Waals surface area contributed by atoms with E-state index in [0.29, 0.717) is 49.2 Å². The van der Waals surface area contributed by atoms with Crippen LogP contribution in [0.25, 0.3) is 0 Å². The number of hydrogen-bond acceptors (Lipinski definition) is 6. The number of aromatic hydroxyl groups is 4. The SMILES string of the molecule is CC(NC(C)(C)C)=[N+](C)C.CN(Cc1cc(C(C)(C)C)cc(C(C)(C)C)c1O)Cc1cc(C(C)(C)C)cc(C(C)(C)C)c1O.CN(Cc1cc(C(C)(C)C)cc(C(C)(C)C)c1O)Cc1cc(C(C)(C)C)cc(C(C)(C)C)c1O.[Y]. The van der Waals surface area contributed by atoms with Crippen molar-refractivity contribution in [3.8, 4) is 23.0 Å². The van der Waals surface area contributed by atoms with Crippen LogP contribution in [0.3, 0.4) is 0 Å². The Bertz CT molecular complexity index is 2360. The maximum Gasteiger partial charge on any atom is 0.241 e. The molecule has 0 aliphatic rings. The van der Waals surface area contributed by atoms with Gasteiger partial charge in [0.2, 0.25) is 5.84 Å². The molecule has 0 aliphatic carbocycles. The summed E-state index contributed by atoms with van der Waals surface area (Å²) in [6.45, 7) is 63.2. The van der Waals surface area contributed by atoms with Crippen molar-refractivity contribution >= 4 is 5.84 Å². The van der Waals surface area contributed by atoms with E-state index < -0.39 is 0 Å². The molecule has 0 aromatic heterocycles. The molecule has 0 aliphatic heterocycles. The van der Waals surface area contributed by atoms with Crippen LogP contribution in [0.4, 0.5) is 0 Å². The quantitative estimate of drug-likeness (QED) is 0.0680. The van der Waals surface area contributed by atoms with Gasteiger partial charge < -0.3 is 20.4 Å². The van der Waals surface area contributed by atoms with E-state index in [4.69, 9.17) is 0 Å². The normalized spacial score (nSPS) is 13.1. The average Bonchev–Trinajstić information content (AvgIpc) is 3.20. The molecule has 9 heteroatoms. The molecule has 0 spiro atoms. The largest absolute Gasteiger partial charge is 0.507 e. The van der Waals surface area contributed by atoms with Crippen molar-refractivity contribution in [2.45, 2.75) is 269 Å². The van der Waals surface area contributed by atoms with E-state index in [-0.39, 0.29) is 81.6 Å². The van der Waals surface area contributed by atoms with E-state index in [2.05, 4.69) is 276 Å². The van der Waals surface area contributed by atoms with E-state index in [9.17, 15) is 20.4 Å². The molecule has 79 heavy (non-hydrogen) atoms. The predicted octanol–water partition coefficient (Wildman–Crippen LogP) is 16.9. The topological polar surface area (TPSA) is 102 Å². The molecule has 0 saturated heterocycles. The molecule has 4 rings (SSSR count). The number of benzene rings is 4. The molecule has 0 fully saturated rings. The summed E-state index contributed by atoms with van der Waals surface area (Å²) in [4.78, 5) is 4.36. The molecule has 0 atom stereocenters. The maximum atomic E-state index is 11.2. The van der Waals surface area contributed by atoms with Gasteiger partial charge in [0.25, 0.3) is 0 Å². The standard InChI is InChI=1S/2C31H49NO2.C8H18N2.Y/c2*1-28(2,3)22-14-20(26(33)24(16-22)30(7,8)9)18-32(13)19-21-15-23(29(4,5)6)17-25(27(21)34)31(10,11)12;1-7(10(5)6)9-8(2,3)4;/h2*14-17,33-34H,18-19H2,1-13H3;1-6H3;/p+1. The van der Waals surface area contributed by atoms with Crippen LogP contribution in [-0.2, 0) is 102 Å². The van der Waals surface area contributed by atoms with Gasteiger partial charge in [-0.05, 0) is 123 Å². The second kappa shape index (κ2) is 26.4. The van der Waals surface area contributed by atoms with Crippen LogP contribution in [-0.4, -0.2) is 74.4 Å². The van der Waals surface area contributed by atoms with Crippen LogP contribution in [0.15, 0.2) is 48.5 Å². The molecule has 0 unspecified atom stereocenters.